The zero-order chi connectivity index (χ0) is 13.0. The summed E-state index contributed by atoms with van der Waals surface area (Å²) in [6.45, 7) is 3.03. The van der Waals surface area contributed by atoms with Crippen LogP contribution in [0.3, 0.4) is 0 Å². The number of nitrogens with one attached hydrogen (secondary N) is 1. The summed E-state index contributed by atoms with van der Waals surface area (Å²) >= 11 is 0. The Bertz CT molecular complexity index is 419. The number of hydrogen-bond acceptors (Lipinski definition) is 3. The number of nitrogen functional groups attached to an aromatic ring is 1. The van der Waals surface area contributed by atoms with Crippen molar-refractivity contribution in [3.8, 4) is 0 Å². The van der Waals surface area contributed by atoms with Gasteiger partial charge in [0.25, 0.3) is 5.91 Å². The minimum absolute atomic E-state index is 0.125. The molecule has 1 aromatic heterocycles. The van der Waals surface area contributed by atoms with E-state index in [0.717, 1.165) is 12.5 Å². The number of carbonyl (C=O) groups excluding carboxylic acids is 1. The molecule has 0 radical (unpaired) electrons. The number of hydrogen-bond donors (Lipinski definition) is 2. The predicted molar refractivity (Wildman–Crippen MR) is 72.1 cm³/mol. The summed E-state index contributed by atoms with van der Waals surface area (Å²) < 4.78 is 0. The fourth-order valence-corrected chi connectivity index (χ4v) is 2.65. The largest absolute Gasteiger partial charge is 0.384 e. The first-order valence-corrected chi connectivity index (χ1v) is 6.66. The van der Waals surface area contributed by atoms with Crippen molar-refractivity contribution in [2.24, 2.45) is 11.8 Å². The van der Waals surface area contributed by atoms with Crippen LogP contribution in [0.25, 0.3) is 0 Å². The van der Waals surface area contributed by atoms with Crippen LogP contribution in [0.2, 0.25) is 0 Å². The van der Waals surface area contributed by atoms with Gasteiger partial charge in [-0.1, -0.05) is 25.8 Å². The van der Waals surface area contributed by atoms with E-state index < -0.39 is 0 Å². The second-order valence-electron chi connectivity index (χ2n) is 5.30. The molecule has 1 aliphatic rings. The summed E-state index contributed by atoms with van der Waals surface area (Å²) in [5.74, 6) is 1.65. The minimum atomic E-state index is -0.125. The summed E-state index contributed by atoms with van der Waals surface area (Å²) in [6.07, 6.45) is 5.03. The first kappa shape index (κ1) is 12.9. The number of aromatic nitrogens is 1. The van der Waals surface area contributed by atoms with Gasteiger partial charge in [-0.25, -0.2) is 4.98 Å². The Morgan fingerprint density at radius 3 is 3.06 bits per heavy atom. The molecule has 3 N–H and O–H groups in total. The molecule has 0 aliphatic heterocycles. The molecule has 4 nitrogen and oxygen atoms in total. The molecule has 1 aromatic rings. The average molecular weight is 247 g/mol. The molecule has 0 bridgehead atoms. The molecular formula is C14H21N3O. The summed E-state index contributed by atoms with van der Waals surface area (Å²) in [7, 11) is 0. The van der Waals surface area contributed by atoms with E-state index in [-0.39, 0.29) is 5.91 Å². The highest BCUT2D eigenvalue weighted by atomic mass is 16.1. The highest BCUT2D eigenvalue weighted by molar-refractivity contribution is 5.92. The Kier molecular flexibility index (Phi) is 4.18. The molecule has 98 valence electrons. The Morgan fingerprint density at radius 1 is 1.50 bits per heavy atom. The fraction of sp³-hybridized carbons (Fsp3) is 0.571. The van der Waals surface area contributed by atoms with Gasteiger partial charge in [0.15, 0.2) is 0 Å². The fourth-order valence-electron chi connectivity index (χ4n) is 2.65. The molecule has 1 amide bonds. The summed E-state index contributed by atoms with van der Waals surface area (Å²) in [4.78, 5) is 15.9. The molecule has 0 spiro atoms. The average Bonchev–Trinajstić information content (AvgIpc) is 2.36. The second-order valence-corrected chi connectivity index (χ2v) is 5.30. The van der Waals surface area contributed by atoms with Crippen LogP contribution < -0.4 is 11.1 Å². The standard InChI is InChI=1S/C14H21N3O/c1-10-4-2-5-11(8-10)9-16-14(18)12-6-3-7-13(15)17-12/h3,6-7,10-11H,2,4-5,8-9H2,1H3,(H2,15,17)(H,16,18). The SMILES string of the molecule is CC1CCCC(CNC(=O)c2cccc(N)n2)C1. The van der Waals surface area contributed by atoms with Crippen LogP contribution in [0.15, 0.2) is 18.2 Å². The van der Waals surface area contributed by atoms with Gasteiger partial charge in [-0.15, -0.1) is 0 Å². The van der Waals surface area contributed by atoms with Gasteiger partial charge in [-0.3, -0.25) is 4.79 Å². The Morgan fingerprint density at radius 2 is 2.33 bits per heavy atom. The third-order valence-corrected chi connectivity index (χ3v) is 3.60. The molecule has 1 saturated carbocycles. The van der Waals surface area contributed by atoms with Gasteiger partial charge in [0.2, 0.25) is 0 Å². The van der Waals surface area contributed by atoms with E-state index in [1.54, 1.807) is 18.2 Å². The molecule has 2 atom stereocenters. The van der Waals surface area contributed by atoms with E-state index in [1.165, 1.54) is 25.7 Å². The van der Waals surface area contributed by atoms with Crippen LogP contribution in [0, 0.1) is 11.8 Å². The molecule has 1 fully saturated rings. The number of nitrogens with two attached hydrogens (primary N) is 1. The van der Waals surface area contributed by atoms with Gasteiger partial charge in [-0.05, 0) is 36.8 Å². The van der Waals surface area contributed by atoms with E-state index in [1.807, 2.05) is 0 Å². The van der Waals surface area contributed by atoms with E-state index in [2.05, 4.69) is 17.2 Å². The van der Waals surface area contributed by atoms with Crippen molar-refractivity contribution in [2.75, 3.05) is 12.3 Å². The van der Waals surface area contributed by atoms with Gasteiger partial charge < -0.3 is 11.1 Å². The molecule has 18 heavy (non-hydrogen) atoms. The number of rotatable bonds is 3. The highest BCUT2D eigenvalue weighted by Gasteiger charge is 2.19. The quantitative estimate of drug-likeness (QED) is 0.860. The third-order valence-electron chi connectivity index (χ3n) is 3.60. The van der Waals surface area contributed by atoms with Crippen molar-refractivity contribution in [3.05, 3.63) is 23.9 Å². The van der Waals surface area contributed by atoms with E-state index in [4.69, 9.17) is 5.73 Å². The number of amides is 1. The van der Waals surface area contributed by atoms with Crippen molar-refractivity contribution in [2.45, 2.75) is 32.6 Å². The second kappa shape index (κ2) is 5.85. The minimum Gasteiger partial charge on any atom is -0.384 e. The van der Waals surface area contributed by atoms with Crippen LogP contribution in [0.5, 0.6) is 0 Å². The molecular weight excluding hydrogens is 226 g/mol. The van der Waals surface area contributed by atoms with Crippen LogP contribution in [0.1, 0.15) is 43.1 Å². The van der Waals surface area contributed by atoms with Crippen molar-refractivity contribution in [3.63, 3.8) is 0 Å². The lowest BCUT2D eigenvalue weighted by molar-refractivity contribution is 0.0936. The number of anilines is 1. The molecule has 4 heteroatoms. The number of nitrogens with zero attached hydrogens (tertiary/aromatic N) is 1. The van der Waals surface area contributed by atoms with Gasteiger partial charge in [-0.2, -0.15) is 0 Å². The topological polar surface area (TPSA) is 68.0 Å². The zero-order valence-corrected chi connectivity index (χ0v) is 10.9. The van der Waals surface area contributed by atoms with Crippen molar-refractivity contribution < 1.29 is 4.79 Å². The van der Waals surface area contributed by atoms with Crippen LogP contribution in [-0.2, 0) is 0 Å². The maximum Gasteiger partial charge on any atom is 0.269 e. The highest BCUT2D eigenvalue weighted by Crippen LogP contribution is 2.27. The molecule has 1 heterocycles. The van der Waals surface area contributed by atoms with E-state index in [9.17, 15) is 4.79 Å². The molecule has 2 unspecified atom stereocenters. The predicted octanol–water partition coefficient (Wildman–Crippen LogP) is 2.22. The summed E-state index contributed by atoms with van der Waals surface area (Å²) in [6, 6.07) is 5.12. The van der Waals surface area contributed by atoms with Gasteiger partial charge in [0, 0.05) is 6.54 Å². The Balaban J connectivity index is 1.84. The van der Waals surface area contributed by atoms with E-state index >= 15 is 0 Å². The summed E-state index contributed by atoms with van der Waals surface area (Å²) in [5.41, 5.74) is 5.96. The van der Waals surface area contributed by atoms with E-state index in [0.29, 0.717) is 17.4 Å². The monoisotopic (exact) mass is 247 g/mol. The normalized spacial score (nSPS) is 23.6. The first-order chi connectivity index (χ1) is 8.65. The Hall–Kier alpha value is -1.58. The smallest absolute Gasteiger partial charge is 0.269 e. The number of carbonyl (C=O) groups is 1. The molecule has 1 aliphatic carbocycles. The lowest BCUT2D eigenvalue weighted by atomic mass is 9.82. The zero-order valence-electron chi connectivity index (χ0n) is 10.9. The van der Waals surface area contributed by atoms with Crippen molar-refractivity contribution >= 4 is 11.7 Å². The third kappa shape index (κ3) is 3.45. The van der Waals surface area contributed by atoms with Crippen LogP contribution in [-0.4, -0.2) is 17.4 Å². The van der Waals surface area contributed by atoms with Gasteiger partial charge >= 0.3 is 0 Å². The number of pyridine rings is 1. The van der Waals surface area contributed by atoms with Gasteiger partial charge in [0.05, 0.1) is 0 Å². The molecule has 2 rings (SSSR count). The van der Waals surface area contributed by atoms with Gasteiger partial charge in [0.1, 0.15) is 11.5 Å². The lowest BCUT2D eigenvalue weighted by Crippen LogP contribution is -2.32. The van der Waals surface area contributed by atoms with Crippen LogP contribution >= 0.6 is 0 Å². The molecule has 0 saturated heterocycles. The van der Waals surface area contributed by atoms with Crippen molar-refractivity contribution in [1.82, 2.24) is 10.3 Å². The Labute approximate surface area is 108 Å². The van der Waals surface area contributed by atoms with Crippen molar-refractivity contribution in [1.29, 1.82) is 0 Å². The summed E-state index contributed by atoms with van der Waals surface area (Å²) in [5, 5.41) is 2.96. The maximum atomic E-state index is 11.9. The first-order valence-electron chi connectivity index (χ1n) is 6.66. The maximum absolute atomic E-state index is 11.9. The van der Waals surface area contributed by atoms with Crippen LogP contribution in [0.4, 0.5) is 5.82 Å². The lowest BCUT2D eigenvalue weighted by Gasteiger charge is -2.26. The molecule has 0 aromatic carbocycles.